The topological polar surface area (TPSA) is 79.0 Å². The molecular formula is C31H37N3O4SSi. The molecule has 1 amide bonds. The number of amides is 1. The van der Waals surface area contributed by atoms with Gasteiger partial charge in [-0.3, -0.25) is 4.79 Å². The summed E-state index contributed by atoms with van der Waals surface area (Å²) in [7, 11) is -5.54. The summed E-state index contributed by atoms with van der Waals surface area (Å²) >= 11 is 0. The second-order valence-electron chi connectivity index (χ2n) is 11.6. The molecule has 1 unspecified atom stereocenters. The number of hydrogen-bond acceptors (Lipinski definition) is 5. The zero-order chi connectivity index (χ0) is 28.3. The van der Waals surface area contributed by atoms with E-state index in [2.05, 4.69) is 55.3 Å². The molecule has 0 radical (unpaired) electrons. The Labute approximate surface area is 238 Å². The third kappa shape index (κ3) is 6.49. The summed E-state index contributed by atoms with van der Waals surface area (Å²) in [5.74, 6) is 0.0243. The van der Waals surface area contributed by atoms with Crippen molar-refractivity contribution in [2.24, 2.45) is 0 Å². The van der Waals surface area contributed by atoms with Gasteiger partial charge in [-0.05, 0) is 46.9 Å². The Morgan fingerprint density at radius 1 is 1.00 bits per heavy atom. The Balaban J connectivity index is 1.40. The highest BCUT2D eigenvalue weighted by atomic mass is 32.2. The number of fused-ring (bicyclic) bond motifs is 1. The van der Waals surface area contributed by atoms with Gasteiger partial charge in [0, 0.05) is 27.2 Å². The van der Waals surface area contributed by atoms with Gasteiger partial charge in [-0.15, -0.1) is 0 Å². The van der Waals surface area contributed by atoms with Crippen LogP contribution in [0.3, 0.4) is 0 Å². The predicted molar refractivity (Wildman–Crippen MR) is 163 cm³/mol. The van der Waals surface area contributed by atoms with Crippen LogP contribution in [0.25, 0.3) is 6.08 Å². The van der Waals surface area contributed by atoms with E-state index in [0.717, 1.165) is 28.4 Å². The van der Waals surface area contributed by atoms with E-state index in [1.54, 1.807) is 6.07 Å². The van der Waals surface area contributed by atoms with Crippen LogP contribution < -0.4 is 14.4 Å². The van der Waals surface area contributed by atoms with Gasteiger partial charge in [0.2, 0.25) is 0 Å². The highest BCUT2D eigenvalue weighted by Crippen LogP contribution is 2.36. The molecule has 5 rings (SSSR count). The molecule has 9 heteroatoms. The van der Waals surface area contributed by atoms with E-state index in [1.165, 1.54) is 15.4 Å². The average molecular weight is 576 g/mol. The van der Waals surface area contributed by atoms with Crippen molar-refractivity contribution in [2.75, 3.05) is 17.4 Å². The molecule has 2 aliphatic heterocycles. The number of carbonyl (C=O) groups excluding carboxylic acids is 1. The molecule has 2 heterocycles. The Kier molecular flexibility index (Phi) is 8.16. The molecular weight excluding hydrogens is 539 g/mol. The van der Waals surface area contributed by atoms with Crippen LogP contribution in [0, 0.1) is 0 Å². The summed E-state index contributed by atoms with van der Waals surface area (Å²) in [5.41, 5.74) is 4.92. The first-order valence-corrected chi connectivity index (χ1v) is 18.8. The first-order chi connectivity index (χ1) is 19.1. The van der Waals surface area contributed by atoms with E-state index in [0.29, 0.717) is 17.5 Å². The maximum Gasteiger partial charge on any atom is 0.329 e. The van der Waals surface area contributed by atoms with Crippen molar-refractivity contribution in [2.45, 2.75) is 51.3 Å². The van der Waals surface area contributed by atoms with E-state index < -0.39 is 24.2 Å². The van der Waals surface area contributed by atoms with Crippen LogP contribution in [0.15, 0.2) is 78.9 Å². The predicted octanol–water partition coefficient (Wildman–Crippen LogP) is 5.22. The van der Waals surface area contributed by atoms with E-state index >= 15 is 0 Å². The van der Waals surface area contributed by atoms with Gasteiger partial charge in [-0.2, -0.15) is 8.42 Å². The van der Waals surface area contributed by atoms with Gasteiger partial charge in [0.05, 0.1) is 5.69 Å². The Morgan fingerprint density at radius 3 is 2.48 bits per heavy atom. The summed E-state index contributed by atoms with van der Waals surface area (Å²) in [6.45, 7) is 7.60. The molecule has 0 bridgehead atoms. The van der Waals surface area contributed by atoms with Crippen LogP contribution in [0.1, 0.15) is 22.3 Å². The van der Waals surface area contributed by atoms with E-state index in [4.69, 9.17) is 4.74 Å². The van der Waals surface area contributed by atoms with Gasteiger partial charge < -0.3 is 10.1 Å². The van der Waals surface area contributed by atoms with Crippen LogP contribution in [-0.4, -0.2) is 45.8 Å². The van der Waals surface area contributed by atoms with Crippen molar-refractivity contribution in [1.82, 2.24) is 9.62 Å². The van der Waals surface area contributed by atoms with Crippen molar-refractivity contribution < 1.29 is 17.9 Å². The van der Waals surface area contributed by atoms with Crippen molar-refractivity contribution in [3.8, 4) is 5.75 Å². The number of carbonyl (C=O) groups is 1. The monoisotopic (exact) mass is 575 g/mol. The van der Waals surface area contributed by atoms with Gasteiger partial charge in [-0.1, -0.05) is 92.5 Å². The molecule has 1 saturated heterocycles. The van der Waals surface area contributed by atoms with Crippen molar-refractivity contribution in [3.05, 3.63) is 101 Å². The molecule has 0 aromatic heterocycles. The zero-order valence-corrected chi connectivity index (χ0v) is 25.2. The lowest BCUT2D eigenvalue weighted by atomic mass is 9.95. The summed E-state index contributed by atoms with van der Waals surface area (Å²) in [5, 5.41) is 3.56. The van der Waals surface area contributed by atoms with Crippen LogP contribution in [0.5, 0.6) is 5.75 Å². The molecule has 7 nitrogen and oxygen atoms in total. The molecule has 40 heavy (non-hydrogen) atoms. The Morgan fingerprint density at radius 2 is 1.73 bits per heavy atom. The largest absolute Gasteiger partial charge is 0.487 e. The van der Waals surface area contributed by atoms with Crippen LogP contribution >= 0.6 is 0 Å². The van der Waals surface area contributed by atoms with Gasteiger partial charge in [0.15, 0.2) is 0 Å². The summed E-state index contributed by atoms with van der Waals surface area (Å²) in [6, 6.07) is 24.6. The lowest BCUT2D eigenvalue weighted by molar-refractivity contribution is -0.123. The lowest BCUT2D eigenvalue weighted by Crippen LogP contribution is -2.37. The molecule has 210 valence electrons. The van der Waals surface area contributed by atoms with E-state index in [9.17, 15) is 13.2 Å². The lowest BCUT2D eigenvalue weighted by Gasteiger charge is -2.24. The second kappa shape index (κ2) is 11.6. The Hall–Kier alpha value is -3.40. The number of hydrogen-bond donors (Lipinski definition) is 1. The summed E-state index contributed by atoms with van der Waals surface area (Å²) < 4.78 is 35.5. The van der Waals surface area contributed by atoms with E-state index in [-0.39, 0.29) is 25.7 Å². The third-order valence-electron chi connectivity index (χ3n) is 7.30. The number of benzene rings is 3. The standard InChI is InChI=1S/C31H37N3O4SSi/c1-40(2,3)18-17-33-31(35)22-34(39(33,36)37)29-16-14-24(19-30(29)38-23-25-9-5-4-6-10-25)13-15-28-20-26-11-7-8-12-27(26)21-32-28/h4-16,19,28,32H,17-18,20-23H2,1-3H3/b15-13+. The van der Waals surface area contributed by atoms with Crippen molar-refractivity contribution in [1.29, 1.82) is 0 Å². The quantitative estimate of drug-likeness (QED) is 0.354. The highest BCUT2D eigenvalue weighted by molar-refractivity contribution is 7.91. The minimum Gasteiger partial charge on any atom is -0.487 e. The molecule has 0 aliphatic carbocycles. The highest BCUT2D eigenvalue weighted by Gasteiger charge is 2.43. The maximum atomic E-state index is 13.5. The SMILES string of the molecule is C[Si](C)(C)CCN1C(=O)CN(c2ccc(/C=C/C3Cc4ccccc4CN3)cc2OCc2ccccc2)S1(=O)=O. The fourth-order valence-electron chi connectivity index (χ4n) is 4.95. The minimum atomic E-state index is -4.00. The number of nitrogens with zero attached hydrogens (tertiary/aromatic N) is 2. The second-order valence-corrected chi connectivity index (χ2v) is 19.0. The number of nitrogens with one attached hydrogen (secondary N) is 1. The van der Waals surface area contributed by atoms with Crippen molar-refractivity contribution >= 4 is 36.0 Å². The molecule has 0 spiro atoms. The molecule has 0 saturated carbocycles. The Bertz CT molecular complexity index is 1500. The van der Waals surface area contributed by atoms with Gasteiger partial charge in [0.25, 0.3) is 5.91 Å². The minimum absolute atomic E-state index is 0.194. The molecule has 2 aliphatic rings. The van der Waals surface area contributed by atoms with Crippen LogP contribution in [0.2, 0.25) is 25.7 Å². The van der Waals surface area contributed by atoms with E-state index in [1.807, 2.05) is 48.5 Å². The zero-order valence-electron chi connectivity index (χ0n) is 23.3. The normalized spacial score (nSPS) is 18.8. The summed E-state index contributed by atoms with van der Waals surface area (Å²) in [4.78, 5) is 12.9. The first kappa shape index (κ1) is 28.1. The third-order valence-corrected chi connectivity index (χ3v) is 10.9. The molecule has 1 fully saturated rings. The molecule has 3 aromatic carbocycles. The number of ether oxygens (including phenoxy) is 1. The van der Waals surface area contributed by atoms with Gasteiger partial charge >= 0.3 is 10.2 Å². The first-order valence-electron chi connectivity index (χ1n) is 13.7. The van der Waals surface area contributed by atoms with Crippen LogP contribution in [-0.2, 0) is 34.6 Å². The smallest absolute Gasteiger partial charge is 0.329 e. The fraction of sp³-hybridized carbons (Fsp3) is 0.323. The van der Waals surface area contributed by atoms with Crippen molar-refractivity contribution in [3.63, 3.8) is 0 Å². The van der Waals surface area contributed by atoms with Gasteiger partial charge in [-0.25, -0.2) is 8.61 Å². The molecule has 3 aromatic rings. The maximum absolute atomic E-state index is 13.5. The number of anilines is 1. The van der Waals surface area contributed by atoms with Gasteiger partial charge in [0.1, 0.15) is 18.9 Å². The summed E-state index contributed by atoms with van der Waals surface area (Å²) in [6.07, 6.45) is 5.08. The number of rotatable bonds is 9. The molecule has 1 N–H and O–H groups in total. The average Bonchev–Trinajstić information content (AvgIpc) is 3.16. The molecule has 1 atom stereocenters. The fourth-order valence-corrected chi connectivity index (χ4v) is 7.56. The van der Waals surface area contributed by atoms with Crippen LogP contribution in [0.4, 0.5) is 5.69 Å².